The summed E-state index contributed by atoms with van der Waals surface area (Å²) in [5.41, 5.74) is 3.54. The molecular weight excluding hydrogens is 394 g/mol. The third-order valence-electron chi connectivity index (χ3n) is 5.37. The van der Waals surface area contributed by atoms with Gasteiger partial charge in [-0.05, 0) is 50.2 Å². The van der Waals surface area contributed by atoms with Gasteiger partial charge in [0.25, 0.3) is 11.6 Å². The quantitative estimate of drug-likeness (QED) is 0.344. The van der Waals surface area contributed by atoms with Gasteiger partial charge in [0.1, 0.15) is 11.6 Å². The Morgan fingerprint density at radius 3 is 2.52 bits per heavy atom. The van der Waals surface area contributed by atoms with E-state index < -0.39 is 10.8 Å². The van der Waals surface area contributed by atoms with E-state index >= 15 is 0 Å². The first-order chi connectivity index (χ1) is 14.8. The largest absolute Gasteiger partial charge is 0.368 e. The van der Waals surface area contributed by atoms with Crippen molar-refractivity contribution in [3.63, 3.8) is 0 Å². The average Bonchev–Trinajstić information content (AvgIpc) is 2.75. The molecule has 0 atom stereocenters. The molecule has 1 amide bonds. The van der Waals surface area contributed by atoms with Crippen LogP contribution in [0.1, 0.15) is 16.7 Å². The maximum atomic E-state index is 12.8. The van der Waals surface area contributed by atoms with Gasteiger partial charge in [-0.1, -0.05) is 12.1 Å². The first-order valence-corrected chi connectivity index (χ1v) is 10.0. The van der Waals surface area contributed by atoms with E-state index in [1.54, 1.807) is 6.07 Å². The molecule has 3 rings (SSSR count). The second-order valence-electron chi connectivity index (χ2n) is 7.73. The number of non-ortho nitro benzene ring substituents is 1. The molecule has 31 heavy (non-hydrogen) atoms. The van der Waals surface area contributed by atoms with Gasteiger partial charge in [0, 0.05) is 55.2 Å². The number of rotatable bonds is 5. The van der Waals surface area contributed by atoms with Crippen molar-refractivity contribution in [2.75, 3.05) is 43.4 Å². The highest BCUT2D eigenvalue weighted by Crippen LogP contribution is 2.29. The number of nitriles is 1. The van der Waals surface area contributed by atoms with Crippen molar-refractivity contribution in [3.05, 3.63) is 68.8 Å². The number of anilines is 2. The summed E-state index contributed by atoms with van der Waals surface area (Å²) in [6.07, 6.45) is 1.43. The van der Waals surface area contributed by atoms with Crippen LogP contribution >= 0.6 is 0 Å². The van der Waals surface area contributed by atoms with Gasteiger partial charge in [0.05, 0.1) is 4.92 Å². The topological polar surface area (TPSA) is 103 Å². The maximum absolute atomic E-state index is 12.8. The van der Waals surface area contributed by atoms with Crippen LogP contribution in [-0.4, -0.2) is 49.0 Å². The number of nitrogens with zero attached hydrogens (tertiary/aromatic N) is 4. The molecule has 1 aliphatic rings. The number of hydrogen-bond donors (Lipinski definition) is 1. The Labute approximate surface area is 181 Å². The SMILES string of the molecule is Cc1ccc(C)c(NC(=O)/C(C#N)=C/c2cc([N+](=O)[O-])ccc2N2CCN(C)CC2)c1. The molecule has 8 nitrogen and oxygen atoms in total. The third kappa shape index (κ3) is 5.27. The van der Waals surface area contributed by atoms with E-state index in [1.807, 2.05) is 45.2 Å². The lowest BCUT2D eigenvalue weighted by atomic mass is 10.1. The number of hydrogen-bond acceptors (Lipinski definition) is 6. The fourth-order valence-corrected chi connectivity index (χ4v) is 3.47. The van der Waals surface area contributed by atoms with Crippen molar-refractivity contribution >= 4 is 29.0 Å². The van der Waals surface area contributed by atoms with Crippen LogP contribution in [0.4, 0.5) is 17.1 Å². The van der Waals surface area contributed by atoms with Crippen molar-refractivity contribution in [2.24, 2.45) is 0 Å². The average molecular weight is 419 g/mol. The third-order valence-corrected chi connectivity index (χ3v) is 5.37. The molecular formula is C23H25N5O3. The molecule has 1 saturated heterocycles. The van der Waals surface area contributed by atoms with Gasteiger partial charge in [0.2, 0.25) is 0 Å². The Kier molecular flexibility index (Phi) is 6.68. The molecule has 0 aliphatic carbocycles. The van der Waals surface area contributed by atoms with Crippen LogP contribution in [0.2, 0.25) is 0 Å². The minimum Gasteiger partial charge on any atom is -0.368 e. The molecule has 0 radical (unpaired) electrons. The van der Waals surface area contributed by atoms with Gasteiger partial charge < -0.3 is 15.1 Å². The first-order valence-electron chi connectivity index (χ1n) is 10.0. The van der Waals surface area contributed by atoms with E-state index in [-0.39, 0.29) is 11.3 Å². The highest BCUT2D eigenvalue weighted by Gasteiger charge is 2.20. The number of piperazine rings is 1. The Hall–Kier alpha value is -3.70. The summed E-state index contributed by atoms with van der Waals surface area (Å²) < 4.78 is 0. The molecule has 1 fully saturated rings. The minimum absolute atomic E-state index is 0.0867. The maximum Gasteiger partial charge on any atom is 0.270 e. The van der Waals surface area contributed by atoms with E-state index in [0.717, 1.165) is 43.0 Å². The molecule has 160 valence electrons. The number of carbonyl (C=O) groups is 1. The Bertz CT molecular complexity index is 1080. The summed E-state index contributed by atoms with van der Waals surface area (Å²) in [6, 6.07) is 12.2. The molecule has 1 aliphatic heterocycles. The molecule has 0 unspecified atom stereocenters. The Balaban J connectivity index is 1.97. The van der Waals surface area contributed by atoms with Crippen molar-refractivity contribution in [2.45, 2.75) is 13.8 Å². The fraction of sp³-hybridized carbons (Fsp3) is 0.304. The van der Waals surface area contributed by atoms with Crippen LogP contribution in [0.3, 0.4) is 0 Å². The zero-order valence-electron chi connectivity index (χ0n) is 17.9. The number of amides is 1. The summed E-state index contributed by atoms with van der Waals surface area (Å²) in [6.45, 7) is 7.02. The summed E-state index contributed by atoms with van der Waals surface area (Å²) in [7, 11) is 2.04. The molecule has 0 aromatic heterocycles. The molecule has 1 heterocycles. The van der Waals surface area contributed by atoms with E-state index in [2.05, 4.69) is 15.1 Å². The van der Waals surface area contributed by atoms with Gasteiger partial charge in [-0.2, -0.15) is 5.26 Å². The van der Waals surface area contributed by atoms with Gasteiger partial charge in [-0.15, -0.1) is 0 Å². The molecule has 2 aromatic rings. The summed E-state index contributed by atoms with van der Waals surface area (Å²) in [5.74, 6) is -0.549. The van der Waals surface area contributed by atoms with E-state index in [1.165, 1.54) is 18.2 Å². The van der Waals surface area contributed by atoms with Crippen molar-refractivity contribution in [1.82, 2.24) is 4.90 Å². The molecule has 0 saturated carbocycles. The van der Waals surface area contributed by atoms with Crippen LogP contribution in [0.25, 0.3) is 6.08 Å². The van der Waals surface area contributed by atoms with Crippen molar-refractivity contribution < 1.29 is 9.72 Å². The van der Waals surface area contributed by atoms with Crippen LogP contribution in [0, 0.1) is 35.3 Å². The summed E-state index contributed by atoms with van der Waals surface area (Å²) >= 11 is 0. The molecule has 8 heteroatoms. The lowest BCUT2D eigenvalue weighted by molar-refractivity contribution is -0.384. The number of carbonyl (C=O) groups excluding carboxylic acids is 1. The number of nitrogens with one attached hydrogen (secondary N) is 1. The number of likely N-dealkylation sites (N-methyl/N-ethyl adjacent to an activating group) is 1. The van der Waals surface area contributed by atoms with Gasteiger partial charge in [0.15, 0.2) is 0 Å². The number of nitro groups is 1. The van der Waals surface area contributed by atoms with Crippen molar-refractivity contribution in [3.8, 4) is 6.07 Å². The first kappa shape index (κ1) is 22.0. The Morgan fingerprint density at radius 1 is 1.16 bits per heavy atom. The molecule has 0 bridgehead atoms. The lowest BCUT2D eigenvalue weighted by Crippen LogP contribution is -2.44. The highest BCUT2D eigenvalue weighted by atomic mass is 16.6. The van der Waals surface area contributed by atoms with E-state index in [9.17, 15) is 20.2 Å². The van der Waals surface area contributed by atoms with Crippen LogP contribution in [-0.2, 0) is 4.79 Å². The van der Waals surface area contributed by atoms with Crippen molar-refractivity contribution in [1.29, 1.82) is 5.26 Å². The number of nitro benzene ring substituents is 1. The summed E-state index contributed by atoms with van der Waals surface area (Å²) in [5, 5.41) is 23.7. The molecule has 2 aromatic carbocycles. The normalized spacial score (nSPS) is 14.8. The van der Waals surface area contributed by atoms with Crippen LogP contribution in [0.5, 0.6) is 0 Å². The van der Waals surface area contributed by atoms with Crippen LogP contribution in [0.15, 0.2) is 42.0 Å². The molecule has 0 spiro atoms. The second-order valence-corrected chi connectivity index (χ2v) is 7.73. The standard InChI is InChI=1S/C23H25N5O3/c1-16-4-5-17(2)21(12-16)25-23(29)19(15-24)13-18-14-20(28(30)31)6-7-22(18)27-10-8-26(3)9-11-27/h4-7,12-14H,8-11H2,1-3H3,(H,25,29)/b19-13+. The zero-order chi connectivity index (χ0) is 22.5. The fourth-order valence-electron chi connectivity index (χ4n) is 3.47. The Morgan fingerprint density at radius 2 is 1.87 bits per heavy atom. The van der Waals surface area contributed by atoms with E-state index in [0.29, 0.717) is 11.3 Å². The highest BCUT2D eigenvalue weighted by molar-refractivity contribution is 6.10. The van der Waals surface area contributed by atoms with E-state index in [4.69, 9.17) is 0 Å². The van der Waals surface area contributed by atoms with Gasteiger partial charge in [-0.3, -0.25) is 14.9 Å². The van der Waals surface area contributed by atoms with Crippen LogP contribution < -0.4 is 10.2 Å². The monoisotopic (exact) mass is 419 g/mol. The predicted octanol–water partition coefficient (Wildman–Crippen LogP) is 3.51. The predicted molar refractivity (Wildman–Crippen MR) is 121 cm³/mol. The smallest absolute Gasteiger partial charge is 0.270 e. The summed E-state index contributed by atoms with van der Waals surface area (Å²) in [4.78, 5) is 28.0. The lowest BCUT2D eigenvalue weighted by Gasteiger charge is -2.34. The molecule has 1 N–H and O–H groups in total. The number of aryl methyl sites for hydroxylation is 2. The number of benzene rings is 2. The zero-order valence-corrected chi connectivity index (χ0v) is 17.9. The van der Waals surface area contributed by atoms with Gasteiger partial charge >= 0.3 is 0 Å². The second kappa shape index (κ2) is 9.41. The minimum atomic E-state index is -0.549. The van der Waals surface area contributed by atoms with Gasteiger partial charge in [-0.25, -0.2) is 0 Å².